The molecule has 0 fully saturated rings. The summed E-state index contributed by atoms with van der Waals surface area (Å²) in [6.45, 7) is 3.80. The summed E-state index contributed by atoms with van der Waals surface area (Å²) in [7, 11) is 1.39. The second-order valence-corrected chi connectivity index (χ2v) is 11.1. The number of ether oxygens (including phenoxy) is 1. The molecule has 0 saturated heterocycles. The molecule has 1 aliphatic heterocycles. The predicted octanol–water partition coefficient (Wildman–Crippen LogP) is 6.32. The molecule has 0 spiro atoms. The molecule has 2 aliphatic rings. The third kappa shape index (κ3) is 5.38. The van der Waals surface area contributed by atoms with Crippen molar-refractivity contribution in [3.05, 3.63) is 107 Å². The number of benzene rings is 3. The summed E-state index contributed by atoms with van der Waals surface area (Å²) < 4.78 is 4.84. The normalized spacial score (nSPS) is 20.6. The zero-order chi connectivity index (χ0) is 26.6. The van der Waals surface area contributed by atoms with Crippen LogP contribution in [0.15, 0.2) is 94.9 Å². The largest absolute Gasteiger partial charge is 0.465 e. The molecular formula is C31H31N3O3S. The fourth-order valence-corrected chi connectivity index (χ4v) is 6.03. The fraction of sp³-hybridized carbons (Fsp3) is 0.258. The molecule has 3 aromatic carbocycles. The van der Waals surface area contributed by atoms with Crippen molar-refractivity contribution in [3.8, 4) is 0 Å². The number of carbonyl (C=O) groups excluding carboxylic acids is 2. The van der Waals surface area contributed by atoms with Crippen molar-refractivity contribution in [2.24, 2.45) is 11.0 Å². The second-order valence-electron chi connectivity index (χ2n) is 9.64. The van der Waals surface area contributed by atoms with Gasteiger partial charge in [-0.3, -0.25) is 4.79 Å². The van der Waals surface area contributed by atoms with E-state index >= 15 is 0 Å². The summed E-state index contributed by atoms with van der Waals surface area (Å²) in [5, 5.41) is 7.88. The van der Waals surface area contributed by atoms with E-state index in [0.29, 0.717) is 11.5 Å². The standard InChI is InChI=1S/C31H31N3O3S/c1-19(33-34-30(35)20(2)38-24-8-5-4-6-9-24)23-16-17-28-27(18-23)25-10-7-11-26(25)29(32-28)21-12-14-22(15-13-21)31(36)37-3/h4-10,12-18,20,25-26,29,32H,11H2,1-3H3,(H,34,35)/b33-19-/t20-,25-,26+,29+/m1/s1. The maximum atomic E-state index is 12.6. The van der Waals surface area contributed by atoms with Gasteiger partial charge in [0.15, 0.2) is 0 Å². The van der Waals surface area contributed by atoms with Crippen molar-refractivity contribution >= 4 is 35.0 Å². The van der Waals surface area contributed by atoms with Crippen molar-refractivity contribution in [3.63, 3.8) is 0 Å². The van der Waals surface area contributed by atoms with E-state index in [2.05, 4.69) is 40.1 Å². The first-order valence-electron chi connectivity index (χ1n) is 12.8. The van der Waals surface area contributed by atoms with Gasteiger partial charge in [0.2, 0.25) is 0 Å². The highest BCUT2D eigenvalue weighted by Crippen LogP contribution is 2.50. The van der Waals surface area contributed by atoms with Crippen LogP contribution < -0.4 is 10.7 Å². The highest BCUT2D eigenvalue weighted by atomic mass is 32.2. The maximum absolute atomic E-state index is 12.6. The summed E-state index contributed by atoms with van der Waals surface area (Å²) in [6, 6.07) is 24.0. The smallest absolute Gasteiger partial charge is 0.337 e. The molecule has 6 nitrogen and oxygen atoms in total. The number of amides is 1. The summed E-state index contributed by atoms with van der Waals surface area (Å²) in [5.41, 5.74) is 8.50. The van der Waals surface area contributed by atoms with E-state index in [1.54, 1.807) is 0 Å². The van der Waals surface area contributed by atoms with Gasteiger partial charge >= 0.3 is 5.97 Å². The molecule has 0 saturated carbocycles. The summed E-state index contributed by atoms with van der Waals surface area (Å²) in [6.07, 6.45) is 5.52. The van der Waals surface area contributed by atoms with E-state index in [1.165, 1.54) is 24.4 Å². The van der Waals surface area contributed by atoms with Crippen LogP contribution in [0, 0.1) is 5.92 Å². The zero-order valence-corrected chi connectivity index (χ0v) is 22.5. The first-order chi connectivity index (χ1) is 18.4. The minimum Gasteiger partial charge on any atom is -0.465 e. The lowest BCUT2D eigenvalue weighted by Gasteiger charge is -2.37. The van der Waals surface area contributed by atoms with Crippen molar-refractivity contribution in [1.29, 1.82) is 0 Å². The topological polar surface area (TPSA) is 79.8 Å². The number of esters is 1. The Morgan fingerprint density at radius 2 is 1.79 bits per heavy atom. The third-order valence-corrected chi connectivity index (χ3v) is 8.34. The van der Waals surface area contributed by atoms with E-state index in [0.717, 1.165) is 33.8 Å². The van der Waals surface area contributed by atoms with Crippen molar-refractivity contribution in [1.82, 2.24) is 5.43 Å². The van der Waals surface area contributed by atoms with Crippen LogP contribution in [-0.4, -0.2) is 29.9 Å². The molecule has 1 heterocycles. The molecule has 0 radical (unpaired) electrons. The Kier molecular flexibility index (Phi) is 7.65. The van der Waals surface area contributed by atoms with Gasteiger partial charge in [-0.2, -0.15) is 5.10 Å². The molecule has 3 aromatic rings. The molecule has 1 amide bonds. The number of anilines is 1. The molecule has 194 valence electrons. The number of nitrogens with one attached hydrogen (secondary N) is 2. The van der Waals surface area contributed by atoms with E-state index in [4.69, 9.17) is 4.74 Å². The van der Waals surface area contributed by atoms with Gasteiger partial charge in [-0.05, 0) is 79.3 Å². The van der Waals surface area contributed by atoms with Crippen molar-refractivity contribution in [2.75, 3.05) is 12.4 Å². The molecule has 0 bridgehead atoms. The third-order valence-electron chi connectivity index (χ3n) is 7.23. The van der Waals surface area contributed by atoms with Gasteiger partial charge < -0.3 is 10.1 Å². The highest BCUT2D eigenvalue weighted by Gasteiger charge is 2.38. The number of fused-ring (bicyclic) bond motifs is 3. The van der Waals surface area contributed by atoms with Crippen LogP contribution in [0.1, 0.15) is 59.3 Å². The van der Waals surface area contributed by atoms with E-state index in [9.17, 15) is 9.59 Å². The van der Waals surface area contributed by atoms with E-state index in [1.807, 2.05) is 74.5 Å². The molecule has 1 aliphatic carbocycles. The maximum Gasteiger partial charge on any atom is 0.337 e. The average Bonchev–Trinajstić information content (AvgIpc) is 3.46. The summed E-state index contributed by atoms with van der Waals surface area (Å²) in [4.78, 5) is 25.5. The van der Waals surface area contributed by atoms with Crippen LogP contribution in [0.4, 0.5) is 5.69 Å². The monoisotopic (exact) mass is 525 g/mol. The molecule has 7 heteroatoms. The van der Waals surface area contributed by atoms with Crippen LogP contribution in [0.3, 0.4) is 0 Å². The van der Waals surface area contributed by atoms with Gasteiger partial charge in [0, 0.05) is 16.5 Å². The van der Waals surface area contributed by atoms with Gasteiger partial charge in [0.05, 0.1) is 29.7 Å². The van der Waals surface area contributed by atoms with Crippen LogP contribution in [-0.2, 0) is 9.53 Å². The van der Waals surface area contributed by atoms with Gasteiger partial charge in [0.25, 0.3) is 5.91 Å². The van der Waals surface area contributed by atoms with Crippen LogP contribution >= 0.6 is 11.8 Å². The minimum atomic E-state index is -0.330. The summed E-state index contributed by atoms with van der Waals surface area (Å²) >= 11 is 1.51. The number of allylic oxidation sites excluding steroid dienone is 2. The summed E-state index contributed by atoms with van der Waals surface area (Å²) in [5.74, 6) is 0.192. The predicted molar refractivity (Wildman–Crippen MR) is 153 cm³/mol. The number of hydrogen-bond donors (Lipinski definition) is 2. The van der Waals surface area contributed by atoms with Crippen molar-refractivity contribution in [2.45, 2.75) is 42.4 Å². The van der Waals surface area contributed by atoms with Gasteiger partial charge in [-0.15, -0.1) is 11.8 Å². The van der Waals surface area contributed by atoms with E-state index < -0.39 is 0 Å². The Labute approximate surface area is 227 Å². The van der Waals surface area contributed by atoms with Gasteiger partial charge in [-0.1, -0.05) is 48.6 Å². The van der Waals surface area contributed by atoms with Crippen molar-refractivity contribution < 1.29 is 14.3 Å². The Morgan fingerprint density at radius 3 is 2.53 bits per heavy atom. The molecule has 2 N–H and O–H groups in total. The second kappa shape index (κ2) is 11.3. The quantitative estimate of drug-likeness (QED) is 0.124. The van der Waals surface area contributed by atoms with Gasteiger partial charge in [-0.25, -0.2) is 10.2 Å². The van der Waals surface area contributed by atoms with Gasteiger partial charge in [0.1, 0.15) is 0 Å². The lowest BCUT2D eigenvalue weighted by Crippen LogP contribution is -2.29. The first-order valence-corrected chi connectivity index (χ1v) is 13.6. The fourth-order valence-electron chi connectivity index (χ4n) is 5.14. The Bertz CT molecular complexity index is 1390. The number of carbonyl (C=O) groups is 2. The molecule has 5 rings (SSSR count). The molecule has 38 heavy (non-hydrogen) atoms. The lowest BCUT2D eigenvalue weighted by atomic mass is 9.76. The Morgan fingerprint density at radius 1 is 1.05 bits per heavy atom. The average molecular weight is 526 g/mol. The Balaban J connectivity index is 1.31. The van der Waals surface area contributed by atoms with Crippen LogP contribution in [0.25, 0.3) is 0 Å². The molecular weight excluding hydrogens is 494 g/mol. The number of nitrogens with zero attached hydrogens (tertiary/aromatic N) is 1. The number of methoxy groups -OCH3 is 1. The molecule has 0 aromatic heterocycles. The number of hydrazone groups is 1. The van der Waals surface area contributed by atoms with Crippen LogP contribution in [0.5, 0.6) is 0 Å². The lowest BCUT2D eigenvalue weighted by molar-refractivity contribution is -0.120. The number of thioether (sulfide) groups is 1. The first kappa shape index (κ1) is 25.8. The highest BCUT2D eigenvalue weighted by molar-refractivity contribution is 8.00. The van der Waals surface area contributed by atoms with E-state index in [-0.39, 0.29) is 29.1 Å². The number of hydrogen-bond acceptors (Lipinski definition) is 6. The minimum absolute atomic E-state index is 0.127. The zero-order valence-electron chi connectivity index (χ0n) is 21.7. The SMILES string of the molecule is COC(=O)c1ccc([C@@H]2Nc3ccc(/C(C)=N\NC(=O)[C@@H](C)Sc4ccccc4)cc3[C@@H]3C=CC[C@@H]32)cc1. The molecule has 0 unspecified atom stereocenters. The molecule has 4 atom stereocenters. The van der Waals surface area contributed by atoms with Crippen LogP contribution in [0.2, 0.25) is 0 Å². The number of rotatable bonds is 7. The Hall–Kier alpha value is -3.84.